The Labute approximate surface area is 125 Å². The molecule has 2 aromatic carbocycles. The van der Waals surface area contributed by atoms with Gasteiger partial charge in [-0.05, 0) is 11.1 Å². The smallest absolute Gasteiger partial charge is 0.285 e. The molecule has 2 aromatic rings. The third kappa shape index (κ3) is 1.43. The van der Waals surface area contributed by atoms with Gasteiger partial charge >= 0.3 is 5.96 Å². The van der Waals surface area contributed by atoms with E-state index in [9.17, 15) is 4.79 Å². The number of nitrogens with one attached hydrogen (secondary N) is 3. The van der Waals surface area contributed by atoms with Crippen LogP contribution in [0.15, 0.2) is 58.7 Å². The zero-order valence-corrected chi connectivity index (χ0v) is 11.4. The number of fused-ring (bicyclic) bond motifs is 5. The van der Waals surface area contributed by atoms with E-state index in [1.54, 1.807) is 0 Å². The number of hydrogen-bond acceptors (Lipinski definition) is 5. The Kier molecular flexibility index (Phi) is 2.45. The Balaban J connectivity index is 1.99. The Morgan fingerprint density at radius 1 is 1.05 bits per heavy atom. The summed E-state index contributed by atoms with van der Waals surface area (Å²) in [6.45, 7) is 0. The fourth-order valence-corrected chi connectivity index (χ4v) is 3.11. The lowest BCUT2D eigenvalue weighted by Crippen LogP contribution is -2.57. The second-order valence-electron chi connectivity index (χ2n) is 5.04. The van der Waals surface area contributed by atoms with Gasteiger partial charge in [-0.15, -0.1) is 5.10 Å². The highest BCUT2D eigenvalue weighted by Crippen LogP contribution is 2.47. The molecule has 1 amide bonds. The first-order chi connectivity index (χ1) is 10.8. The van der Waals surface area contributed by atoms with E-state index in [4.69, 9.17) is 5.53 Å². The zero-order valence-electron chi connectivity index (χ0n) is 11.4. The van der Waals surface area contributed by atoms with Crippen LogP contribution in [0.25, 0.3) is 11.1 Å². The molecular formula is C15H11N6O+. The molecule has 0 bridgehead atoms. The van der Waals surface area contributed by atoms with Crippen LogP contribution in [0.2, 0.25) is 0 Å². The first-order valence-corrected chi connectivity index (χ1v) is 6.70. The molecule has 0 saturated heterocycles. The molecule has 0 saturated carbocycles. The lowest BCUT2D eigenvalue weighted by atomic mass is 9.87. The van der Waals surface area contributed by atoms with Gasteiger partial charge in [0.25, 0.3) is 5.91 Å². The molecule has 2 aliphatic rings. The number of rotatable bonds is 0. The highest BCUT2D eigenvalue weighted by molar-refractivity contribution is 6.08. The van der Waals surface area contributed by atoms with Crippen molar-refractivity contribution in [2.45, 2.75) is 5.54 Å². The van der Waals surface area contributed by atoms with Gasteiger partial charge in [-0.2, -0.15) is 0 Å². The molecule has 0 unspecified atom stereocenters. The molecular weight excluding hydrogens is 280 g/mol. The van der Waals surface area contributed by atoms with Crippen molar-refractivity contribution in [1.29, 1.82) is 5.53 Å². The van der Waals surface area contributed by atoms with Crippen molar-refractivity contribution < 1.29 is 4.79 Å². The number of hydrazone groups is 1. The number of hydrogen-bond donors (Lipinski definition) is 3. The van der Waals surface area contributed by atoms with E-state index in [1.807, 2.05) is 48.5 Å². The SMILES string of the molecule is N=[N+]=NC1=NNC2(C(=O)N1)c1ccccc1-c1ccccc12. The first kappa shape index (κ1) is 12.4. The lowest BCUT2D eigenvalue weighted by molar-refractivity contribution is -0.125. The van der Waals surface area contributed by atoms with E-state index < -0.39 is 5.54 Å². The maximum absolute atomic E-state index is 12.8. The number of carbonyl (C=O) groups excluding carboxylic acids is 1. The van der Waals surface area contributed by atoms with E-state index in [1.165, 1.54) is 0 Å². The topological polar surface area (TPSA) is 104 Å². The summed E-state index contributed by atoms with van der Waals surface area (Å²) in [6, 6.07) is 15.5. The maximum Gasteiger partial charge on any atom is 0.333 e. The third-order valence-corrected chi connectivity index (χ3v) is 3.99. The summed E-state index contributed by atoms with van der Waals surface area (Å²) in [5.74, 6) is -0.310. The van der Waals surface area contributed by atoms with Crippen molar-refractivity contribution in [3.8, 4) is 11.1 Å². The van der Waals surface area contributed by atoms with Crippen molar-refractivity contribution in [3.63, 3.8) is 0 Å². The number of nitrogens with zero attached hydrogens (tertiary/aromatic N) is 3. The van der Waals surface area contributed by atoms with Gasteiger partial charge in [-0.1, -0.05) is 48.5 Å². The van der Waals surface area contributed by atoms with Crippen LogP contribution in [0.3, 0.4) is 0 Å². The van der Waals surface area contributed by atoms with E-state index >= 15 is 0 Å². The van der Waals surface area contributed by atoms with E-state index in [2.05, 4.69) is 25.9 Å². The molecule has 1 heterocycles. The Bertz CT molecular complexity index is 836. The molecule has 7 heteroatoms. The molecule has 1 aliphatic carbocycles. The van der Waals surface area contributed by atoms with E-state index in [-0.39, 0.29) is 11.9 Å². The normalized spacial score (nSPS) is 16.7. The van der Waals surface area contributed by atoms with Crippen LogP contribution in [0.1, 0.15) is 11.1 Å². The summed E-state index contributed by atoms with van der Waals surface area (Å²) in [7, 11) is 0. The van der Waals surface area contributed by atoms with Crippen LogP contribution < -0.4 is 15.7 Å². The average molecular weight is 291 g/mol. The van der Waals surface area contributed by atoms with Crippen molar-refractivity contribution in [2.24, 2.45) is 10.2 Å². The molecule has 7 nitrogen and oxygen atoms in total. The second kappa shape index (κ2) is 4.34. The predicted octanol–water partition coefficient (Wildman–Crippen LogP) is 1.45. The molecule has 0 aromatic heterocycles. The molecule has 0 radical (unpaired) electrons. The van der Waals surface area contributed by atoms with Gasteiger partial charge < -0.3 is 0 Å². The van der Waals surface area contributed by atoms with Gasteiger partial charge in [0.15, 0.2) is 10.7 Å². The van der Waals surface area contributed by atoms with Gasteiger partial charge in [0, 0.05) is 11.1 Å². The summed E-state index contributed by atoms with van der Waals surface area (Å²) >= 11 is 0. The highest BCUT2D eigenvalue weighted by Gasteiger charge is 2.51. The van der Waals surface area contributed by atoms with E-state index in [0.29, 0.717) is 0 Å². The van der Waals surface area contributed by atoms with Crippen molar-refractivity contribution >= 4 is 11.9 Å². The molecule has 1 aliphatic heterocycles. The van der Waals surface area contributed by atoms with Crippen molar-refractivity contribution in [2.75, 3.05) is 0 Å². The minimum Gasteiger partial charge on any atom is -0.285 e. The zero-order chi connectivity index (χ0) is 15.2. The standard InChI is InChI=1S/C15H10N6O/c16-21-19-14-17-13(22)15(20-18-14)11-7-3-1-5-9(11)10-6-2-4-8-12(10)15/h1-8H,(H2,16,17,19,22)/p+1. The summed E-state index contributed by atoms with van der Waals surface area (Å²) in [5.41, 5.74) is 12.3. The monoisotopic (exact) mass is 291 g/mol. The molecule has 0 atom stereocenters. The number of guanidine groups is 1. The van der Waals surface area contributed by atoms with Crippen LogP contribution >= 0.6 is 0 Å². The minimum atomic E-state index is -1.08. The number of benzene rings is 2. The predicted molar refractivity (Wildman–Crippen MR) is 78.7 cm³/mol. The number of carbonyl (C=O) groups is 1. The highest BCUT2D eigenvalue weighted by atomic mass is 16.2. The molecule has 0 fully saturated rings. The Morgan fingerprint density at radius 2 is 1.64 bits per heavy atom. The van der Waals surface area contributed by atoms with Gasteiger partial charge in [-0.3, -0.25) is 15.5 Å². The Morgan fingerprint density at radius 3 is 2.18 bits per heavy atom. The summed E-state index contributed by atoms with van der Waals surface area (Å²) in [4.78, 5) is 15.7. The minimum absolute atomic E-state index is 0.0208. The van der Waals surface area contributed by atoms with Crippen LogP contribution in [0, 0.1) is 5.53 Å². The van der Waals surface area contributed by atoms with Gasteiger partial charge in [0.1, 0.15) is 5.53 Å². The molecule has 106 valence electrons. The van der Waals surface area contributed by atoms with Gasteiger partial charge in [-0.25, -0.2) is 0 Å². The summed E-state index contributed by atoms with van der Waals surface area (Å²) in [5, 5.41) is 10.1. The van der Waals surface area contributed by atoms with E-state index in [0.717, 1.165) is 22.3 Å². The van der Waals surface area contributed by atoms with Crippen LogP contribution in [-0.2, 0) is 10.3 Å². The molecule has 3 N–H and O–H groups in total. The van der Waals surface area contributed by atoms with Crippen LogP contribution in [0.4, 0.5) is 0 Å². The van der Waals surface area contributed by atoms with Crippen molar-refractivity contribution in [3.05, 3.63) is 59.7 Å². The molecule has 1 spiro atoms. The average Bonchev–Trinajstić information content (AvgIpc) is 2.83. The Hall–Kier alpha value is -3.31. The largest absolute Gasteiger partial charge is 0.333 e. The number of amides is 1. The third-order valence-electron chi connectivity index (χ3n) is 3.99. The van der Waals surface area contributed by atoms with Crippen LogP contribution in [0.5, 0.6) is 0 Å². The lowest BCUT2D eigenvalue weighted by Gasteiger charge is -2.32. The van der Waals surface area contributed by atoms with Crippen molar-refractivity contribution in [1.82, 2.24) is 15.7 Å². The summed E-state index contributed by atoms with van der Waals surface area (Å²) < 4.78 is 0. The fraction of sp³-hybridized carbons (Fsp3) is 0.0667. The maximum atomic E-state index is 12.8. The van der Waals surface area contributed by atoms with Gasteiger partial charge in [0.05, 0.1) is 0 Å². The van der Waals surface area contributed by atoms with Crippen LogP contribution in [-0.4, -0.2) is 11.9 Å². The summed E-state index contributed by atoms with van der Waals surface area (Å²) in [6.07, 6.45) is 0. The quantitative estimate of drug-likeness (QED) is 0.505. The van der Waals surface area contributed by atoms with Gasteiger partial charge in [0.2, 0.25) is 4.91 Å². The molecule has 4 rings (SSSR count). The molecule has 22 heavy (non-hydrogen) atoms. The fourth-order valence-electron chi connectivity index (χ4n) is 3.11. The first-order valence-electron chi connectivity index (χ1n) is 6.70. The second-order valence-corrected chi connectivity index (χ2v) is 5.04.